The molecule has 0 aliphatic carbocycles. The maximum atomic E-state index is 12.9. The largest absolute Gasteiger partial charge is 0.464 e. The highest BCUT2D eigenvalue weighted by Crippen LogP contribution is 2.23. The Labute approximate surface area is 174 Å². The number of ketones is 1. The second kappa shape index (κ2) is 8.21. The first kappa shape index (κ1) is 19.4. The lowest BCUT2D eigenvalue weighted by molar-refractivity contribution is -0.137. The summed E-state index contributed by atoms with van der Waals surface area (Å²) in [5, 5.41) is 3.35. The number of Topliss-reactive ketones (excluding diaryl/α,β-unsaturated/α-hetero) is 1. The fraction of sp³-hybridized carbons (Fsp3) is 0.100. The van der Waals surface area contributed by atoms with Gasteiger partial charge in [-0.15, -0.1) is 0 Å². The number of rotatable bonds is 7. The Kier molecular flexibility index (Phi) is 5.31. The fourth-order valence-electron chi connectivity index (χ4n) is 3.06. The predicted molar refractivity (Wildman–Crippen MR) is 109 cm³/mol. The number of furan rings is 1. The lowest BCUT2D eigenvalue weighted by Crippen LogP contribution is -2.47. The third-order valence-electron chi connectivity index (χ3n) is 4.51. The van der Waals surface area contributed by atoms with Crippen molar-refractivity contribution in [2.45, 2.75) is 12.5 Å². The average molecular weight is 421 g/mol. The first-order valence-electron chi connectivity index (χ1n) is 8.87. The van der Waals surface area contributed by atoms with Gasteiger partial charge in [0.05, 0.1) is 18.0 Å². The number of carbonyl (C=O) groups is 3. The molecular formula is C20H15N5O4S. The van der Waals surface area contributed by atoms with Crippen molar-refractivity contribution in [3.63, 3.8) is 0 Å². The van der Waals surface area contributed by atoms with Crippen LogP contribution in [-0.4, -0.2) is 37.4 Å². The van der Waals surface area contributed by atoms with Gasteiger partial charge in [0.25, 0.3) is 11.8 Å². The van der Waals surface area contributed by atoms with Crippen LogP contribution in [0.1, 0.15) is 16.1 Å². The monoisotopic (exact) mass is 421 g/mol. The van der Waals surface area contributed by atoms with E-state index in [1.54, 1.807) is 30.6 Å². The maximum absolute atomic E-state index is 12.9. The second-order valence-electron chi connectivity index (χ2n) is 6.41. The van der Waals surface area contributed by atoms with Crippen LogP contribution in [0.4, 0.5) is 0 Å². The summed E-state index contributed by atoms with van der Waals surface area (Å²) in [6.07, 6.45) is 4.66. The summed E-state index contributed by atoms with van der Waals surface area (Å²) < 4.78 is 13.7. The van der Waals surface area contributed by atoms with Crippen molar-refractivity contribution < 1.29 is 18.8 Å². The van der Waals surface area contributed by atoms with E-state index in [1.165, 1.54) is 6.26 Å². The number of aromatic nitrogens is 3. The van der Waals surface area contributed by atoms with E-state index in [9.17, 15) is 14.4 Å². The molecule has 0 fully saturated rings. The lowest BCUT2D eigenvalue weighted by Gasteiger charge is -2.15. The average Bonchev–Trinajstić information content (AvgIpc) is 3.41. The summed E-state index contributed by atoms with van der Waals surface area (Å²) in [5.74, 6) is -2.69. The molecule has 0 saturated heterocycles. The van der Waals surface area contributed by atoms with Crippen molar-refractivity contribution in [1.82, 2.24) is 19.0 Å². The lowest BCUT2D eigenvalue weighted by atomic mass is 10.0. The molecule has 3 aromatic heterocycles. The molecule has 0 spiro atoms. The molecular weight excluding hydrogens is 406 g/mol. The van der Waals surface area contributed by atoms with E-state index < -0.39 is 23.6 Å². The summed E-state index contributed by atoms with van der Waals surface area (Å²) in [7, 11) is 0. The summed E-state index contributed by atoms with van der Waals surface area (Å²) in [5.41, 5.74) is 7.56. The number of hydrogen-bond donors (Lipinski definition) is 2. The molecule has 4 aromatic rings. The molecule has 10 heteroatoms. The van der Waals surface area contributed by atoms with Gasteiger partial charge in [0.15, 0.2) is 5.69 Å². The van der Waals surface area contributed by atoms with E-state index in [0.29, 0.717) is 22.4 Å². The molecule has 1 unspecified atom stereocenters. The molecule has 3 N–H and O–H groups in total. The number of nitrogens with two attached hydrogens (primary N) is 1. The standard InChI is InChI=1S/C20H15N5O4S/c21-19(27)18(26)14(9-12-10-29-15-4-2-1-3-13(12)15)23-20(28)17-16(24-30-25-17)11-5-7-22-8-6-11/h1-8,10,14H,9H2,(H2,21,27)(H,23,28). The minimum Gasteiger partial charge on any atom is -0.464 e. The highest BCUT2D eigenvalue weighted by molar-refractivity contribution is 6.99. The number of nitrogens with one attached hydrogen (secondary N) is 1. The number of fused-ring (bicyclic) bond motifs is 1. The third kappa shape index (κ3) is 3.80. The van der Waals surface area contributed by atoms with Gasteiger partial charge < -0.3 is 15.5 Å². The Morgan fingerprint density at radius 1 is 1.10 bits per heavy atom. The minimum atomic E-state index is -1.18. The molecule has 4 rings (SSSR count). The van der Waals surface area contributed by atoms with Crippen LogP contribution in [0.2, 0.25) is 0 Å². The molecule has 9 nitrogen and oxygen atoms in total. The molecule has 0 aliphatic rings. The van der Waals surface area contributed by atoms with Gasteiger partial charge in [-0.05, 0) is 18.2 Å². The molecule has 30 heavy (non-hydrogen) atoms. The van der Waals surface area contributed by atoms with Crippen molar-refractivity contribution in [2.24, 2.45) is 5.73 Å². The van der Waals surface area contributed by atoms with E-state index >= 15 is 0 Å². The van der Waals surface area contributed by atoms with Crippen molar-refractivity contribution in [3.05, 3.63) is 66.3 Å². The number of amides is 2. The number of pyridine rings is 1. The normalized spacial score (nSPS) is 11.9. The van der Waals surface area contributed by atoms with Gasteiger partial charge >= 0.3 is 0 Å². The second-order valence-corrected chi connectivity index (χ2v) is 6.94. The van der Waals surface area contributed by atoms with Crippen molar-refractivity contribution in [1.29, 1.82) is 0 Å². The molecule has 0 aliphatic heterocycles. The van der Waals surface area contributed by atoms with Gasteiger partial charge in [-0.2, -0.15) is 8.75 Å². The summed E-state index contributed by atoms with van der Waals surface area (Å²) in [6, 6.07) is 9.46. The first-order chi connectivity index (χ1) is 14.5. The van der Waals surface area contributed by atoms with E-state index in [2.05, 4.69) is 19.0 Å². The van der Waals surface area contributed by atoms with Crippen LogP contribution in [0.15, 0.2) is 59.5 Å². The molecule has 1 atom stereocenters. The van der Waals surface area contributed by atoms with Crippen LogP contribution >= 0.6 is 11.7 Å². The number of hydrogen-bond acceptors (Lipinski definition) is 8. The third-order valence-corrected chi connectivity index (χ3v) is 5.04. The highest BCUT2D eigenvalue weighted by atomic mass is 32.1. The quantitative estimate of drug-likeness (QED) is 0.433. The molecule has 1 aromatic carbocycles. The first-order valence-corrected chi connectivity index (χ1v) is 9.60. The Balaban J connectivity index is 1.62. The van der Waals surface area contributed by atoms with Crippen LogP contribution < -0.4 is 11.1 Å². The maximum Gasteiger partial charge on any atom is 0.287 e. The fourth-order valence-corrected chi connectivity index (χ4v) is 3.62. The topological polar surface area (TPSA) is 141 Å². The van der Waals surface area contributed by atoms with Crippen molar-refractivity contribution >= 4 is 40.3 Å². The zero-order chi connectivity index (χ0) is 21.1. The highest BCUT2D eigenvalue weighted by Gasteiger charge is 2.29. The minimum absolute atomic E-state index is 0.0344. The number of primary amides is 1. The van der Waals surface area contributed by atoms with Crippen molar-refractivity contribution in [3.8, 4) is 11.3 Å². The smallest absolute Gasteiger partial charge is 0.287 e. The Bertz CT molecular complexity index is 1230. The van der Waals surface area contributed by atoms with Crippen LogP contribution in [0.3, 0.4) is 0 Å². The molecule has 2 amide bonds. The molecule has 0 radical (unpaired) electrons. The van der Waals surface area contributed by atoms with Crippen LogP contribution in [0, 0.1) is 0 Å². The number of nitrogens with zero attached hydrogens (tertiary/aromatic N) is 3. The van der Waals surface area contributed by atoms with E-state index in [1.807, 2.05) is 18.2 Å². The Hall–Kier alpha value is -3.92. The van der Waals surface area contributed by atoms with Crippen LogP contribution in [0.25, 0.3) is 22.2 Å². The van der Waals surface area contributed by atoms with Crippen LogP contribution in [0.5, 0.6) is 0 Å². The molecule has 3 heterocycles. The number of benzene rings is 1. The van der Waals surface area contributed by atoms with E-state index in [4.69, 9.17) is 10.2 Å². The molecule has 150 valence electrons. The number of para-hydroxylation sites is 1. The molecule has 0 bridgehead atoms. The summed E-state index contributed by atoms with van der Waals surface area (Å²) in [4.78, 5) is 40.8. The molecule has 0 saturated carbocycles. The van der Waals surface area contributed by atoms with Gasteiger partial charge in [0.1, 0.15) is 17.3 Å². The summed E-state index contributed by atoms with van der Waals surface area (Å²) >= 11 is 0.866. The Morgan fingerprint density at radius 3 is 2.63 bits per heavy atom. The zero-order valence-corrected chi connectivity index (χ0v) is 16.3. The Morgan fingerprint density at radius 2 is 1.87 bits per heavy atom. The van der Waals surface area contributed by atoms with Gasteiger partial charge in [-0.3, -0.25) is 19.4 Å². The van der Waals surface area contributed by atoms with E-state index in [0.717, 1.165) is 17.1 Å². The van der Waals surface area contributed by atoms with Crippen molar-refractivity contribution in [2.75, 3.05) is 0 Å². The number of carbonyl (C=O) groups excluding carboxylic acids is 3. The predicted octanol–water partition coefficient (Wildman–Crippen LogP) is 1.74. The zero-order valence-electron chi connectivity index (χ0n) is 15.4. The van der Waals surface area contributed by atoms with Crippen LogP contribution in [-0.2, 0) is 16.0 Å². The van der Waals surface area contributed by atoms with E-state index in [-0.39, 0.29) is 12.1 Å². The summed E-state index contributed by atoms with van der Waals surface area (Å²) in [6.45, 7) is 0. The van der Waals surface area contributed by atoms with Gasteiger partial charge in [0.2, 0.25) is 5.78 Å². The SMILES string of the molecule is NC(=O)C(=O)C(Cc1coc2ccccc12)NC(=O)c1nsnc1-c1ccncc1. The van der Waals surface area contributed by atoms with Gasteiger partial charge in [-0.25, -0.2) is 0 Å². The van der Waals surface area contributed by atoms with Gasteiger partial charge in [0, 0.05) is 35.3 Å². The van der Waals surface area contributed by atoms with Gasteiger partial charge in [-0.1, -0.05) is 18.2 Å².